The van der Waals surface area contributed by atoms with Crippen LogP contribution in [0.3, 0.4) is 0 Å². The van der Waals surface area contributed by atoms with Crippen LogP contribution in [-0.2, 0) is 19.5 Å². The number of hydrogen-bond acceptors (Lipinski definition) is 2. The van der Waals surface area contributed by atoms with E-state index in [0.717, 1.165) is 42.0 Å². The van der Waals surface area contributed by atoms with Gasteiger partial charge in [-0.25, -0.2) is 36.3 Å². The summed E-state index contributed by atoms with van der Waals surface area (Å²) < 4.78 is 95.0. The topological polar surface area (TPSA) is 57.4 Å². The van der Waals surface area contributed by atoms with Crippen molar-refractivity contribution < 1.29 is 45.8 Å². The molecular formula is C49H32F6N4SiZn. The number of aromatic nitrogens is 4. The maximum absolute atomic E-state index is 15.9. The Balaban J connectivity index is 0.00000514. The van der Waals surface area contributed by atoms with Crippen LogP contribution in [0.2, 0.25) is 19.6 Å². The van der Waals surface area contributed by atoms with Gasteiger partial charge >= 0.3 is 0 Å². The Morgan fingerprint density at radius 2 is 0.721 bits per heavy atom. The van der Waals surface area contributed by atoms with Crippen LogP contribution >= 0.6 is 0 Å². The molecule has 0 spiro atoms. The third-order valence-corrected chi connectivity index (χ3v) is 11.0. The van der Waals surface area contributed by atoms with E-state index < -0.39 is 48.5 Å². The second kappa shape index (κ2) is 16.1. The molecule has 61 heavy (non-hydrogen) atoms. The summed E-state index contributed by atoms with van der Waals surface area (Å²) in [5.41, 5.74) is 6.13. The molecule has 12 heteroatoms. The fourth-order valence-corrected chi connectivity index (χ4v) is 8.01. The van der Waals surface area contributed by atoms with E-state index in [0.29, 0.717) is 22.3 Å². The quantitative estimate of drug-likeness (QED) is 0.105. The summed E-state index contributed by atoms with van der Waals surface area (Å²) in [5.74, 6) is -1.99. The molecule has 0 radical (unpaired) electrons. The standard InChI is InChI=1S/C49H32F6N4Si.Zn/c1-60(2,3)26-25-27-13-15-28(16-14-27)43-35-17-19-37(56-35)47(44-29(50)7-4-8-30(44)51)39-21-23-41(58-39)49(46-33(54)11-6-12-34(46)55)42-24-22-40(59-42)48(38-20-18-36(43)57-38)45-31(52)9-5-10-32(45)53;/h4-24,56,59H,1-3H3;. The Kier molecular flexibility index (Phi) is 10.9. The molecule has 0 aliphatic carbocycles. The van der Waals surface area contributed by atoms with Crippen LogP contribution in [0.15, 0.2) is 103 Å². The van der Waals surface area contributed by atoms with E-state index in [1.54, 1.807) is 30.4 Å². The number of nitrogens with zero attached hydrogens (tertiary/aromatic N) is 2. The Hall–Kier alpha value is -6.54. The monoisotopic (exact) mass is 882 g/mol. The van der Waals surface area contributed by atoms with Gasteiger partial charge < -0.3 is 9.97 Å². The van der Waals surface area contributed by atoms with E-state index in [9.17, 15) is 0 Å². The van der Waals surface area contributed by atoms with Crippen LogP contribution in [0.25, 0.3) is 90.9 Å². The van der Waals surface area contributed by atoms with Crippen molar-refractivity contribution in [3.05, 3.63) is 166 Å². The molecule has 0 unspecified atom stereocenters. The molecule has 0 saturated heterocycles. The molecule has 9 rings (SSSR count). The number of H-pyrrole nitrogens is 2. The Morgan fingerprint density at radius 3 is 1.05 bits per heavy atom. The first-order valence-corrected chi connectivity index (χ1v) is 22.5. The zero-order valence-corrected chi connectivity index (χ0v) is 37.0. The molecule has 7 aromatic rings. The van der Waals surface area contributed by atoms with Gasteiger partial charge in [-0.1, -0.05) is 55.9 Å². The zero-order chi connectivity index (χ0) is 41.9. The van der Waals surface area contributed by atoms with E-state index in [-0.39, 0.29) is 80.9 Å². The molecule has 0 atom stereocenters. The summed E-state index contributed by atoms with van der Waals surface area (Å²) in [6.45, 7) is 6.46. The van der Waals surface area contributed by atoms with Crippen LogP contribution in [0.5, 0.6) is 0 Å². The van der Waals surface area contributed by atoms with Crippen molar-refractivity contribution in [2.24, 2.45) is 0 Å². The predicted molar refractivity (Wildman–Crippen MR) is 231 cm³/mol. The summed E-state index contributed by atoms with van der Waals surface area (Å²) in [7, 11) is -1.68. The first-order valence-electron chi connectivity index (χ1n) is 19.0. The summed E-state index contributed by atoms with van der Waals surface area (Å²) in [5, 5.41) is 0. The van der Waals surface area contributed by atoms with Gasteiger partial charge in [-0.05, 0) is 103 Å². The van der Waals surface area contributed by atoms with Gasteiger partial charge in [0.2, 0.25) is 0 Å². The fraction of sp³-hybridized carbons (Fsp3) is 0.0612. The minimum Gasteiger partial charge on any atom is -0.354 e. The maximum atomic E-state index is 15.9. The number of hydrogen-bond donors (Lipinski definition) is 2. The largest absolute Gasteiger partial charge is 0.354 e. The SMILES string of the molecule is C[Si](C)(C)C#Cc1ccc(-c2c3nc(c(-c4c(F)cccc4F)c4ccc([nH]4)c(-c4c(F)cccc4F)c4nc(c(-c5c(F)cccc5F)c5ccc2[nH]5)C=C4)C=C3)cc1.[Zn]. The third kappa shape index (κ3) is 7.72. The van der Waals surface area contributed by atoms with Gasteiger partial charge in [-0.15, -0.1) is 5.54 Å². The first-order chi connectivity index (χ1) is 28.8. The molecule has 2 aliphatic heterocycles. The average Bonchev–Trinajstić information content (AvgIpc) is 4.05. The Morgan fingerprint density at radius 1 is 0.410 bits per heavy atom. The molecule has 296 valence electrons. The minimum absolute atomic E-state index is 0. The van der Waals surface area contributed by atoms with Crippen molar-refractivity contribution in [2.45, 2.75) is 19.6 Å². The second-order valence-corrected chi connectivity index (χ2v) is 20.1. The van der Waals surface area contributed by atoms with Gasteiger partial charge in [0.05, 0.1) is 39.5 Å². The van der Waals surface area contributed by atoms with E-state index in [2.05, 4.69) is 41.1 Å². The second-order valence-electron chi connectivity index (χ2n) is 15.4. The molecule has 5 heterocycles. The fourth-order valence-electron chi connectivity index (χ4n) is 7.49. The van der Waals surface area contributed by atoms with Crippen LogP contribution in [0.1, 0.15) is 28.3 Å². The summed E-state index contributed by atoms with van der Waals surface area (Å²) in [6.07, 6.45) is 6.35. The van der Waals surface area contributed by atoms with Crippen LogP contribution < -0.4 is 0 Å². The smallest absolute Gasteiger partial charge is 0.134 e. The van der Waals surface area contributed by atoms with Crippen molar-refractivity contribution in [1.29, 1.82) is 0 Å². The summed E-state index contributed by atoms with van der Waals surface area (Å²) >= 11 is 0. The molecule has 8 bridgehead atoms. The van der Waals surface area contributed by atoms with Crippen molar-refractivity contribution in [2.75, 3.05) is 0 Å². The van der Waals surface area contributed by atoms with Crippen LogP contribution in [-0.4, -0.2) is 28.0 Å². The first kappa shape index (κ1) is 41.2. The zero-order valence-electron chi connectivity index (χ0n) is 33.0. The number of fused-ring (bicyclic) bond motifs is 8. The van der Waals surface area contributed by atoms with Gasteiger partial charge in [0, 0.05) is 69.4 Å². The third-order valence-electron chi connectivity index (χ3n) is 10.1. The Bertz CT molecular complexity index is 3110. The number of aromatic amines is 2. The van der Waals surface area contributed by atoms with E-state index in [1.807, 2.05) is 24.3 Å². The summed E-state index contributed by atoms with van der Waals surface area (Å²) in [4.78, 5) is 16.3. The van der Waals surface area contributed by atoms with Crippen molar-refractivity contribution in [1.82, 2.24) is 19.9 Å². The molecular weight excluding hydrogens is 852 g/mol. The van der Waals surface area contributed by atoms with Gasteiger partial charge in [0.25, 0.3) is 0 Å². The molecule has 2 aliphatic rings. The molecule has 0 amide bonds. The molecule has 4 nitrogen and oxygen atoms in total. The average molecular weight is 884 g/mol. The summed E-state index contributed by atoms with van der Waals surface area (Å²) in [6, 6.07) is 24.5. The predicted octanol–water partition coefficient (Wildman–Crippen LogP) is 13.4. The number of nitrogens with one attached hydrogen (secondary N) is 2. The van der Waals surface area contributed by atoms with E-state index in [1.165, 1.54) is 36.4 Å². The van der Waals surface area contributed by atoms with Gasteiger partial charge in [0.15, 0.2) is 0 Å². The maximum Gasteiger partial charge on any atom is 0.134 e. The molecule has 4 aromatic carbocycles. The van der Waals surface area contributed by atoms with Crippen molar-refractivity contribution in [3.8, 4) is 56.0 Å². The number of benzene rings is 4. The molecule has 2 N–H and O–H groups in total. The molecule has 0 fully saturated rings. The molecule has 0 saturated carbocycles. The Labute approximate surface area is 360 Å². The van der Waals surface area contributed by atoms with Crippen LogP contribution in [0.4, 0.5) is 26.3 Å². The number of halogens is 6. The van der Waals surface area contributed by atoms with E-state index >= 15 is 26.3 Å². The van der Waals surface area contributed by atoms with E-state index in [4.69, 9.17) is 9.97 Å². The van der Waals surface area contributed by atoms with Crippen molar-refractivity contribution in [3.63, 3.8) is 0 Å². The van der Waals surface area contributed by atoms with Crippen molar-refractivity contribution >= 4 is 54.4 Å². The number of rotatable bonds is 4. The molecule has 3 aromatic heterocycles. The van der Waals surface area contributed by atoms with Gasteiger partial charge in [0.1, 0.15) is 43.0 Å². The van der Waals surface area contributed by atoms with Gasteiger partial charge in [-0.2, -0.15) is 0 Å². The normalized spacial score (nSPS) is 12.0. The van der Waals surface area contributed by atoms with Gasteiger partial charge in [-0.3, -0.25) is 0 Å². The minimum atomic E-state index is -1.68. The van der Waals surface area contributed by atoms with Crippen LogP contribution in [0, 0.1) is 46.4 Å².